The van der Waals surface area contributed by atoms with Crippen LogP contribution in [0, 0.1) is 0 Å². The van der Waals surface area contributed by atoms with Crippen LogP contribution in [-0.2, 0) is 10.8 Å². The lowest BCUT2D eigenvalue weighted by Crippen LogP contribution is -2.43. The van der Waals surface area contributed by atoms with Gasteiger partial charge in [0.1, 0.15) is 11.2 Å². The van der Waals surface area contributed by atoms with Crippen molar-refractivity contribution in [1.82, 2.24) is 9.97 Å². The fourth-order valence-corrected chi connectivity index (χ4v) is 8.53. The van der Waals surface area contributed by atoms with Gasteiger partial charge in [0.15, 0.2) is 5.82 Å². The van der Waals surface area contributed by atoms with Crippen LogP contribution in [0.5, 0.6) is 0 Å². The third kappa shape index (κ3) is 4.24. The molecular weight excluding hydrogens is 621 g/mol. The fourth-order valence-electron chi connectivity index (χ4n) is 8.53. The maximum absolute atomic E-state index is 6.84. The number of aromatic nitrogens is 2. The van der Waals surface area contributed by atoms with Gasteiger partial charge in [0.2, 0.25) is 0 Å². The second kappa shape index (κ2) is 10.7. The third-order valence-electron chi connectivity index (χ3n) is 11.8. The van der Waals surface area contributed by atoms with Gasteiger partial charge in [0, 0.05) is 38.1 Å². The predicted octanol–water partition coefficient (Wildman–Crippen LogP) is 12.9. The monoisotopic (exact) mass is 656 g/mol. The Hall–Kier alpha value is -6.06. The van der Waals surface area contributed by atoms with Crippen LogP contribution in [0.3, 0.4) is 0 Å². The molecule has 0 saturated heterocycles. The molecule has 0 amide bonds. The highest BCUT2D eigenvalue weighted by Gasteiger charge is 2.47. The summed E-state index contributed by atoms with van der Waals surface area (Å²) in [6.07, 6.45) is 0. The fraction of sp³-hybridized carbons (Fsp3) is 0.125. The summed E-state index contributed by atoms with van der Waals surface area (Å²) in [6, 6.07) is 51.7. The minimum atomic E-state index is -0.142. The molecule has 10 rings (SSSR count). The number of hydrogen-bond acceptors (Lipinski definition) is 3. The van der Waals surface area contributed by atoms with Crippen molar-refractivity contribution in [3.05, 3.63) is 157 Å². The van der Waals surface area contributed by atoms with Crippen molar-refractivity contribution in [2.45, 2.75) is 38.5 Å². The summed E-state index contributed by atoms with van der Waals surface area (Å²) < 4.78 is 6.84. The Labute approximate surface area is 297 Å². The molecule has 1 aliphatic rings. The molecule has 0 N–H and O–H groups in total. The van der Waals surface area contributed by atoms with Gasteiger partial charge < -0.3 is 4.42 Å². The Morgan fingerprint density at radius 3 is 1.92 bits per heavy atom. The third-order valence-corrected chi connectivity index (χ3v) is 11.8. The largest absolute Gasteiger partial charge is 0.455 e. The van der Waals surface area contributed by atoms with Gasteiger partial charge in [0.25, 0.3) is 0 Å². The Balaban J connectivity index is 1.25. The molecule has 244 valence electrons. The zero-order chi connectivity index (χ0) is 34.5. The van der Waals surface area contributed by atoms with Crippen LogP contribution in [0.1, 0.15) is 38.8 Å². The maximum Gasteiger partial charge on any atom is 0.160 e. The van der Waals surface area contributed by atoms with E-state index in [1.54, 1.807) is 0 Å². The molecule has 2 aromatic heterocycles. The average molecular weight is 657 g/mol. The summed E-state index contributed by atoms with van der Waals surface area (Å²) in [5, 5.41) is 5.78. The van der Waals surface area contributed by atoms with Crippen LogP contribution < -0.4 is 0 Å². The topological polar surface area (TPSA) is 38.9 Å². The molecule has 0 spiro atoms. The van der Waals surface area contributed by atoms with Crippen molar-refractivity contribution in [1.29, 1.82) is 0 Å². The number of benzene rings is 7. The lowest BCUT2D eigenvalue weighted by molar-refractivity contribution is 0.301. The lowest BCUT2D eigenvalue weighted by Gasteiger charge is -2.49. The minimum absolute atomic E-state index is 0.0814. The van der Waals surface area contributed by atoms with E-state index in [0.29, 0.717) is 0 Å². The van der Waals surface area contributed by atoms with E-state index in [0.717, 1.165) is 66.6 Å². The molecule has 51 heavy (non-hydrogen) atoms. The van der Waals surface area contributed by atoms with Gasteiger partial charge in [-0.25, -0.2) is 9.97 Å². The second-order valence-corrected chi connectivity index (χ2v) is 15.0. The van der Waals surface area contributed by atoms with Crippen molar-refractivity contribution in [2.24, 2.45) is 0 Å². The van der Waals surface area contributed by atoms with Gasteiger partial charge in [0.05, 0.1) is 11.2 Å². The number of furan rings is 1. The Morgan fingerprint density at radius 1 is 0.490 bits per heavy atom. The second-order valence-electron chi connectivity index (χ2n) is 15.0. The highest BCUT2D eigenvalue weighted by atomic mass is 16.3. The van der Waals surface area contributed by atoms with Crippen LogP contribution in [0.2, 0.25) is 0 Å². The highest BCUT2D eigenvalue weighted by molar-refractivity contribution is 6.24. The van der Waals surface area contributed by atoms with E-state index < -0.39 is 0 Å². The number of hydrogen-bond donors (Lipinski definition) is 0. The summed E-state index contributed by atoms with van der Waals surface area (Å²) in [6.45, 7) is 9.63. The molecule has 2 heterocycles. The van der Waals surface area contributed by atoms with Crippen molar-refractivity contribution in [2.75, 3.05) is 0 Å². The first kappa shape index (κ1) is 29.8. The van der Waals surface area contributed by atoms with Gasteiger partial charge in [-0.15, -0.1) is 0 Å². The van der Waals surface area contributed by atoms with Gasteiger partial charge >= 0.3 is 0 Å². The van der Waals surface area contributed by atoms with E-state index in [1.165, 1.54) is 33.0 Å². The zero-order valence-electron chi connectivity index (χ0n) is 29.2. The van der Waals surface area contributed by atoms with E-state index in [-0.39, 0.29) is 10.8 Å². The molecule has 1 aliphatic carbocycles. The van der Waals surface area contributed by atoms with E-state index in [4.69, 9.17) is 14.4 Å². The first-order chi connectivity index (χ1) is 24.8. The van der Waals surface area contributed by atoms with E-state index in [2.05, 4.69) is 149 Å². The van der Waals surface area contributed by atoms with E-state index in [9.17, 15) is 0 Å². The molecule has 0 bridgehead atoms. The number of nitrogens with zero attached hydrogens (tertiary/aromatic N) is 2. The molecule has 3 nitrogen and oxygen atoms in total. The molecular formula is C48H36N2O. The van der Waals surface area contributed by atoms with Crippen molar-refractivity contribution in [3.8, 4) is 44.9 Å². The molecule has 0 atom stereocenters. The SMILES string of the molecule is CC1(C)c2ccccc2-c2c(c3ccccc3c3oc4ccc(-c5ccc6c(-c7ccccc7)nc(-c7ccccc7)nc6c5)cc4c23)C1(C)C. The highest BCUT2D eigenvalue weighted by Crippen LogP contribution is 2.58. The normalized spacial score (nSPS) is 14.6. The molecule has 0 saturated carbocycles. The predicted molar refractivity (Wildman–Crippen MR) is 212 cm³/mol. The first-order valence-corrected chi connectivity index (χ1v) is 17.8. The maximum atomic E-state index is 6.84. The summed E-state index contributed by atoms with van der Waals surface area (Å²) >= 11 is 0. The Kier molecular flexibility index (Phi) is 6.27. The molecule has 7 aromatic carbocycles. The summed E-state index contributed by atoms with van der Waals surface area (Å²) in [7, 11) is 0. The molecule has 0 fully saturated rings. The smallest absolute Gasteiger partial charge is 0.160 e. The Morgan fingerprint density at radius 2 is 1.14 bits per heavy atom. The first-order valence-electron chi connectivity index (χ1n) is 17.8. The summed E-state index contributed by atoms with van der Waals surface area (Å²) in [5.74, 6) is 0.720. The molecule has 0 radical (unpaired) electrons. The van der Waals surface area contributed by atoms with Gasteiger partial charge in [-0.2, -0.15) is 0 Å². The van der Waals surface area contributed by atoms with Crippen LogP contribution in [-0.4, -0.2) is 9.97 Å². The minimum Gasteiger partial charge on any atom is -0.455 e. The molecule has 9 aromatic rings. The number of rotatable bonds is 3. The van der Waals surface area contributed by atoms with Crippen molar-refractivity contribution < 1.29 is 4.42 Å². The van der Waals surface area contributed by atoms with Crippen LogP contribution in [0.15, 0.2) is 150 Å². The average Bonchev–Trinajstić information content (AvgIpc) is 3.56. The van der Waals surface area contributed by atoms with E-state index >= 15 is 0 Å². The molecule has 0 unspecified atom stereocenters. The quantitative estimate of drug-likeness (QED) is 0.190. The standard InChI is InChI=1S/C48H36N2O/c1-47(2)38-22-14-13-21-35(38)41-42-37-27-31(24-26-40(37)51-45(42)34-20-12-11-19-33(34)43(41)48(47,3)4)32-23-25-36-39(28-32)49-46(30-17-9-6-10-18-30)50-44(36)29-15-7-5-8-16-29/h5-28H,1-4H3. The summed E-state index contributed by atoms with van der Waals surface area (Å²) in [5.41, 5.74) is 13.1. The molecule has 3 heteroatoms. The van der Waals surface area contributed by atoms with Crippen LogP contribution in [0.25, 0.3) is 88.5 Å². The van der Waals surface area contributed by atoms with Crippen molar-refractivity contribution in [3.63, 3.8) is 0 Å². The van der Waals surface area contributed by atoms with Gasteiger partial charge in [-0.1, -0.05) is 149 Å². The van der Waals surface area contributed by atoms with Crippen molar-refractivity contribution >= 4 is 43.6 Å². The van der Waals surface area contributed by atoms with Gasteiger partial charge in [-0.05, 0) is 68.4 Å². The lowest BCUT2D eigenvalue weighted by atomic mass is 9.54. The van der Waals surface area contributed by atoms with Crippen LogP contribution in [0.4, 0.5) is 0 Å². The summed E-state index contributed by atoms with van der Waals surface area (Å²) in [4.78, 5) is 10.2. The Bertz CT molecular complexity index is 2850. The number of fused-ring (bicyclic) bond motifs is 11. The van der Waals surface area contributed by atoms with Gasteiger partial charge in [-0.3, -0.25) is 0 Å². The molecule has 0 aliphatic heterocycles. The van der Waals surface area contributed by atoms with Crippen LogP contribution >= 0.6 is 0 Å². The van der Waals surface area contributed by atoms with E-state index in [1.807, 2.05) is 24.3 Å². The zero-order valence-corrected chi connectivity index (χ0v) is 29.2.